The number of aryl methyl sites for hydroxylation is 2. The van der Waals surface area contributed by atoms with Crippen molar-refractivity contribution >= 4 is 21.6 Å². The first-order chi connectivity index (χ1) is 8.33. The SMILES string of the molecule is CCC(COC)NS(=O)(=O)c1c(C)nn(C)c1Cl. The average Bonchev–Trinajstić information content (AvgIpc) is 2.52. The summed E-state index contributed by atoms with van der Waals surface area (Å²) in [5, 5.41) is 4.09. The molecule has 0 bridgehead atoms. The molecule has 1 rings (SSSR count). The Hall–Kier alpha value is -0.630. The van der Waals surface area contributed by atoms with Crippen LogP contribution in [-0.4, -0.2) is 38.0 Å². The lowest BCUT2D eigenvalue weighted by atomic mass is 10.3. The molecule has 1 N–H and O–H groups in total. The van der Waals surface area contributed by atoms with Crippen LogP contribution in [0.5, 0.6) is 0 Å². The minimum atomic E-state index is -3.68. The van der Waals surface area contributed by atoms with Crippen molar-refractivity contribution in [2.75, 3.05) is 13.7 Å². The van der Waals surface area contributed by atoms with Gasteiger partial charge in [0.25, 0.3) is 0 Å². The molecule has 6 nitrogen and oxygen atoms in total. The summed E-state index contributed by atoms with van der Waals surface area (Å²) in [6.45, 7) is 3.80. The number of halogens is 1. The van der Waals surface area contributed by atoms with Crippen molar-refractivity contribution in [1.29, 1.82) is 0 Å². The zero-order chi connectivity index (χ0) is 13.9. The van der Waals surface area contributed by atoms with E-state index in [9.17, 15) is 8.42 Å². The molecule has 1 unspecified atom stereocenters. The van der Waals surface area contributed by atoms with Gasteiger partial charge in [0.1, 0.15) is 10.0 Å². The standard InChI is InChI=1S/C10H18ClN3O3S/c1-5-8(6-17-4)13-18(15,16)9-7(2)12-14(3)10(9)11/h8,13H,5-6H2,1-4H3. The van der Waals surface area contributed by atoms with E-state index in [1.165, 1.54) is 11.8 Å². The van der Waals surface area contributed by atoms with Gasteiger partial charge in [-0.2, -0.15) is 5.10 Å². The highest BCUT2D eigenvalue weighted by molar-refractivity contribution is 7.89. The highest BCUT2D eigenvalue weighted by atomic mass is 35.5. The number of ether oxygens (including phenoxy) is 1. The first kappa shape index (κ1) is 15.4. The van der Waals surface area contributed by atoms with Crippen molar-refractivity contribution in [3.8, 4) is 0 Å². The van der Waals surface area contributed by atoms with E-state index in [0.29, 0.717) is 18.7 Å². The summed E-state index contributed by atoms with van der Waals surface area (Å²) in [4.78, 5) is 0.0289. The third-order valence-corrected chi connectivity index (χ3v) is 4.77. The van der Waals surface area contributed by atoms with Gasteiger partial charge in [-0.1, -0.05) is 18.5 Å². The summed E-state index contributed by atoms with van der Waals surface area (Å²) in [7, 11) is -0.555. The number of hydrogen-bond donors (Lipinski definition) is 1. The molecule has 0 saturated heterocycles. The highest BCUT2D eigenvalue weighted by Gasteiger charge is 2.27. The smallest absolute Gasteiger partial charge is 0.245 e. The number of hydrogen-bond acceptors (Lipinski definition) is 4. The second-order valence-electron chi connectivity index (χ2n) is 4.01. The van der Waals surface area contributed by atoms with E-state index in [2.05, 4.69) is 9.82 Å². The van der Waals surface area contributed by atoms with Crippen LogP contribution in [0.1, 0.15) is 19.0 Å². The molecule has 0 aliphatic carbocycles. The maximum atomic E-state index is 12.2. The molecule has 0 radical (unpaired) electrons. The van der Waals surface area contributed by atoms with Crippen LogP contribution in [0.3, 0.4) is 0 Å². The lowest BCUT2D eigenvalue weighted by molar-refractivity contribution is 0.173. The van der Waals surface area contributed by atoms with Crippen LogP contribution >= 0.6 is 11.6 Å². The molecule has 1 heterocycles. The molecule has 8 heteroatoms. The zero-order valence-corrected chi connectivity index (χ0v) is 12.5. The van der Waals surface area contributed by atoms with Gasteiger partial charge in [0.15, 0.2) is 0 Å². The number of sulfonamides is 1. The lowest BCUT2D eigenvalue weighted by Crippen LogP contribution is -2.37. The fourth-order valence-electron chi connectivity index (χ4n) is 1.63. The number of nitrogens with one attached hydrogen (secondary N) is 1. The molecule has 18 heavy (non-hydrogen) atoms. The van der Waals surface area contributed by atoms with Crippen molar-refractivity contribution in [3.63, 3.8) is 0 Å². The predicted octanol–water partition coefficient (Wildman–Crippen LogP) is 1.09. The first-order valence-electron chi connectivity index (χ1n) is 5.53. The van der Waals surface area contributed by atoms with Crippen molar-refractivity contribution in [3.05, 3.63) is 10.8 Å². The molecule has 0 aliphatic rings. The molecule has 0 aromatic carbocycles. The topological polar surface area (TPSA) is 73.2 Å². The lowest BCUT2D eigenvalue weighted by Gasteiger charge is -2.15. The Morgan fingerprint density at radius 1 is 1.56 bits per heavy atom. The maximum absolute atomic E-state index is 12.2. The van der Waals surface area contributed by atoms with Gasteiger partial charge in [-0.15, -0.1) is 0 Å². The number of methoxy groups -OCH3 is 1. The second kappa shape index (κ2) is 6.01. The van der Waals surface area contributed by atoms with Crippen molar-refractivity contribution in [2.24, 2.45) is 7.05 Å². The Balaban J connectivity index is 3.06. The molecular formula is C10H18ClN3O3S. The molecule has 1 aromatic rings. The number of nitrogens with zero attached hydrogens (tertiary/aromatic N) is 2. The van der Waals surface area contributed by atoms with E-state index < -0.39 is 10.0 Å². The summed E-state index contributed by atoms with van der Waals surface area (Å²) >= 11 is 5.95. The van der Waals surface area contributed by atoms with Crippen molar-refractivity contribution in [2.45, 2.75) is 31.2 Å². The summed E-state index contributed by atoms with van der Waals surface area (Å²) in [6.07, 6.45) is 0.629. The summed E-state index contributed by atoms with van der Waals surface area (Å²) in [6, 6.07) is -0.282. The first-order valence-corrected chi connectivity index (χ1v) is 7.40. The molecule has 0 spiro atoms. The quantitative estimate of drug-likeness (QED) is 0.852. The highest BCUT2D eigenvalue weighted by Crippen LogP contribution is 2.24. The number of rotatable bonds is 6. The molecule has 104 valence electrons. The van der Waals surface area contributed by atoms with Crippen LogP contribution in [0, 0.1) is 6.92 Å². The van der Waals surface area contributed by atoms with Gasteiger partial charge in [0, 0.05) is 20.2 Å². The molecule has 0 aliphatic heterocycles. The third kappa shape index (κ3) is 3.23. The van der Waals surface area contributed by atoms with E-state index in [0.717, 1.165) is 0 Å². The minimum Gasteiger partial charge on any atom is -0.383 e. The van der Waals surface area contributed by atoms with Crippen LogP contribution in [0.4, 0.5) is 0 Å². The fourth-order valence-corrected chi connectivity index (χ4v) is 3.68. The summed E-state index contributed by atoms with van der Waals surface area (Å²) in [5.74, 6) is 0. The van der Waals surface area contributed by atoms with Crippen molar-refractivity contribution in [1.82, 2.24) is 14.5 Å². The average molecular weight is 296 g/mol. The summed E-state index contributed by atoms with van der Waals surface area (Å²) in [5.41, 5.74) is 0.377. The molecule has 1 atom stereocenters. The van der Waals surface area contributed by atoms with E-state index >= 15 is 0 Å². The van der Waals surface area contributed by atoms with Gasteiger partial charge < -0.3 is 4.74 Å². The Morgan fingerprint density at radius 2 is 2.17 bits per heavy atom. The predicted molar refractivity (Wildman–Crippen MR) is 69.2 cm³/mol. The minimum absolute atomic E-state index is 0.0289. The van der Waals surface area contributed by atoms with E-state index in [1.807, 2.05) is 6.92 Å². The monoisotopic (exact) mass is 295 g/mol. The summed E-state index contributed by atoms with van der Waals surface area (Å²) < 4.78 is 33.3. The maximum Gasteiger partial charge on any atom is 0.245 e. The second-order valence-corrected chi connectivity index (χ2v) is 6.02. The van der Waals surface area contributed by atoms with Crippen LogP contribution in [0.15, 0.2) is 4.90 Å². The Kier molecular flexibility index (Phi) is 5.15. The Labute approximate surface area is 112 Å². The van der Waals surface area contributed by atoms with Crippen LogP contribution in [0.25, 0.3) is 0 Å². The third-order valence-electron chi connectivity index (χ3n) is 2.55. The Morgan fingerprint density at radius 3 is 2.56 bits per heavy atom. The van der Waals surface area contributed by atoms with E-state index in [4.69, 9.17) is 16.3 Å². The van der Waals surface area contributed by atoms with Gasteiger partial charge in [-0.05, 0) is 13.3 Å². The molecule has 0 amide bonds. The molecule has 0 fully saturated rings. The van der Waals surface area contributed by atoms with Gasteiger partial charge in [0.05, 0.1) is 12.3 Å². The van der Waals surface area contributed by atoms with Crippen LogP contribution in [-0.2, 0) is 21.8 Å². The van der Waals surface area contributed by atoms with Gasteiger partial charge >= 0.3 is 0 Å². The van der Waals surface area contributed by atoms with Crippen LogP contribution < -0.4 is 4.72 Å². The van der Waals surface area contributed by atoms with Gasteiger partial charge in [0.2, 0.25) is 10.0 Å². The fraction of sp³-hybridized carbons (Fsp3) is 0.700. The zero-order valence-electron chi connectivity index (χ0n) is 10.9. The van der Waals surface area contributed by atoms with Gasteiger partial charge in [-0.25, -0.2) is 13.1 Å². The Bertz CT molecular complexity index is 513. The molecular weight excluding hydrogens is 278 g/mol. The van der Waals surface area contributed by atoms with Gasteiger partial charge in [-0.3, -0.25) is 4.68 Å². The number of aromatic nitrogens is 2. The van der Waals surface area contributed by atoms with E-state index in [1.54, 1.807) is 14.0 Å². The van der Waals surface area contributed by atoms with E-state index in [-0.39, 0.29) is 16.1 Å². The molecule has 0 saturated carbocycles. The largest absolute Gasteiger partial charge is 0.383 e. The van der Waals surface area contributed by atoms with Crippen molar-refractivity contribution < 1.29 is 13.2 Å². The molecule has 1 aromatic heterocycles. The van der Waals surface area contributed by atoms with Crippen LogP contribution in [0.2, 0.25) is 5.15 Å². The normalized spacial score (nSPS) is 13.8.